The van der Waals surface area contributed by atoms with Gasteiger partial charge in [0.1, 0.15) is 0 Å². The highest BCUT2D eigenvalue weighted by Gasteiger charge is 2.16. The summed E-state index contributed by atoms with van der Waals surface area (Å²) in [5.74, 6) is 0.968. The predicted octanol–water partition coefficient (Wildman–Crippen LogP) is 3.84. The van der Waals surface area contributed by atoms with E-state index in [2.05, 4.69) is 46.9 Å². The van der Waals surface area contributed by atoms with Crippen LogP contribution in [0.2, 0.25) is 0 Å². The molecular formula is C16H21N3. The van der Waals surface area contributed by atoms with Crippen LogP contribution in [0.4, 0.5) is 5.95 Å². The van der Waals surface area contributed by atoms with Crippen LogP contribution >= 0.6 is 0 Å². The van der Waals surface area contributed by atoms with Gasteiger partial charge in [0, 0.05) is 24.1 Å². The first-order valence-corrected chi connectivity index (χ1v) is 7.11. The highest BCUT2D eigenvalue weighted by atomic mass is 15.2. The Morgan fingerprint density at radius 3 is 2.68 bits per heavy atom. The zero-order valence-electron chi connectivity index (χ0n) is 11.7. The second-order valence-electron chi connectivity index (χ2n) is 5.52. The second-order valence-corrected chi connectivity index (χ2v) is 5.52. The molecule has 0 bridgehead atoms. The summed E-state index contributed by atoms with van der Waals surface area (Å²) in [6, 6.07) is 7.14. The van der Waals surface area contributed by atoms with Crippen molar-refractivity contribution < 1.29 is 0 Å². The molecule has 1 aliphatic rings. The maximum Gasteiger partial charge on any atom is 0.207 e. The third-order valence-corrected chi connectivity index (χ3v) is 4.10. The van der Waals surface area contributed by atoms with E-state index in [-0.39, 0.29) is 0 Å². The fourth-order valence-electron chi connectivity index (χ4n) is 2.75. The first-order chi connectivity index (χ1) is 9.24. The van der Waals surface area contributed by atoms with Gasteiger partial charge in [-0.3, -0.25) is 4.57 Å². The lowest BCUT2D eigenvalue weighted by atomic mass is 10.1. The highest BCUT2D eigenvalue weighted by molar-refractivity contribution is 5.45. The Kier molecular flexibility index (Phi) is 3.28. The molecule has 100 valence electrons. The summed E-state index contributed by atoms with van der Waals surface area (Å²) < 4.78 is 2.14. The van der Waals surface area contributed by atoms with E-state index < -0.39 is 0 Å². The number of aryl methyl sites for hydroxylation is 2. The lowest BCUT2D eigenvalue weighted by molar-refractivity contribution is 0.740. The molecule has 1 aliphatic carbocycles. The van der Waals surface area contributed by atoms with Crippen LogP contribution in [0.5, 0.6) is 0 Å². The topological polar surface area (TPSA) is 29.9 Å². The first kappa shape index (κ1) is 12.3. The van der Waals surface area contributed by atoms with E-state index in [0.717, 1.165) is 5.95 Å². The van der Waals surface area contributed by atoms with Crippen LogP contribution < -0.4 is 5.32 Å². The number of hydrogen-bond donors (Lipinski definition) is 1. The van der Waals surface area contributed by atoms with Crippen LogP contribution in [-0.4, -0.2) is 15.6 Å². The molecule has 1 aromatic heterocycles. The molecule has 1 heterocycles. The van der Waals surface area contributed by atoms with Crippen molar-refractivity contribution in [3.8, 4) is 5.69 Å². The van der Waals surface area contributed by atoms with Crippen LogP contribution in [0.15, 0.2) is 30.6 Å². The molecule has 1 aromatic carbocycles. The van der Waals surface area contributed by atoms with E-state index in [1.807, 2.05) is 12.4 Å². The molecule has 0 aliphatic heterocycles. The summed E-state index contributed by atoms with van der Waals surface area (Å²) in [6.45, 7) is 4.30. The van der Waals surface area contributed by atoms with Crippen molar-refractivity contribution in [2.45, 2.75) is 45.6 Å². The Hall–Kier alpha value is -1.77. The minimum Gasteiger partial charge on any atom is -0.353 e. The Balaban J connectivity index is 1.87. The van der Waals surface area contributed by atoms with E-state index in [0.29, 0.717) is 6.04 Å². The quantitative estimate of drug-likeness (QED) is 0.903. The van der Waals surface area contributed by atoms with Gasteiger partial charge >= 0.3 is 0 Å². The summed E-state index contributed by atoms with van der Waals surface area (Å²) in [5, 5.41) is 3.57. The summed E-state index contributed by atoms with van der Waals surface area (Å²) >= 11 is 0. The van der Waals surface area contributed by atoms with Gasteiger partial charge in [-0.1, -0.05) is 18.9 Å². The SMILES string of the molecule is Cc1ccc(-n2ccnc2NC2CCCC2)cc1C. The lowest BCUT2D eigenvalue weighted by Gasteiger charge is -2.15. The predicted molar refractivity (Wildman–Crippen MR) is 78.9 cm³/mol. The standard InChI is InChI=1S/C16H21N3/c1-12-7-8-15(11-13(12)2)19-10-9-17-16(19)18-14-5-3-4-6-14/h7-11,14H,3-6H2,1-2H3,(H,17,18). The van der Waals surface area contributed by atoms with Crippen molar-refractivity contribution in [1.82, 2.24) is 9.55 Å². The third kappa shape index (κ3) is 2.50. The van der Waals surface area contributed by atoms with Gasteiger partial charge in [0.2, 0.25) is 5.95 Å². The number of nitrogens with zero attached hydrogens (tertiary/aromatic N) is 2. The molecule has 0 radical (unpaired) electrons. The van der Waals surface area contributed by atoms with Gasteiger partial charge < -0.3 is 5.32 Å². The molecular weight excluding hydrogens is 234 g/mol. The van der Waals surface area contributed by atoms with Gasteiger partial charge in [0.15, 0.2) is 0 Å². The van der Waals surface area contributed by atoms with Crippen molar-refractivity contribution in [3.05, 3.63) is 41.7 Å². The molecule has 1 fully saturated rings. The molecule has 3 rings (SSSR count). The van der Waals surface area contributed by atoms with Crippen molar-refractivity contribution >= 4 is 5.95 Å². The summed E-state index contributed by atoms with van der Waals surface area (Å²) in [4.78, 5) is 4.46. The number of imidazole rings is 1. The first-order valence-electron chi connectivity index (χ1n) is 7.11. The van der Waals surface area contributed by atoms with Gasteiger partial charge in [-0.25, -0.2) is 4.98 Å². The molecule has 1 saturated carbocycles. The van der Waals surface area contributed by atoms with Gasteiger partial charge in [-0.2, -0.15) is 0 Å². The minimum atomic E-state index is 0.590. The normalized spacial score (nSPS) is 15.9. The molecule has 0 saturated heterocycles. The van der Waals surface area contributed by atoms with Crippen molar-refractivity contribution in [2.75, 3.05) is 5.32 Å². The Bertz CT molecular complexity index is 565. The van der Waals surface area contributed by atoms with Crippen molar-refractivity contribution in [1.29, 1.82) is 0 Å². The van der Waals surface area contributed by atoms with Crippen molar-refractivity contribution in [2.24, 2.45) is 0 Å². The molecule has 0 amide bonds. The molecule has 19 heavy (non-hydrogen) atoms. The third-order valence-electron chi connectivity index (χ3n) is 4.10. The molecule has 2 aromatic rings. The number of aromatic nitrogens is 2. The summed E-state index contributed by atoms with van der Waals surface area (Å²) in [7, 11) is 0. The molecule has 0 unspecified atom stereocenters. The molecule has 0 atom stereocenters. The van der Waals surface area contributed by atoms with Crippen LogP contribution in [0, 0.1) is 13.8 Å². The minimum absolute atomic E-state index is 0.590. The van der Waals surface area contributed by atoms with E-state index in [4.69, 9.17) is 0 Å². The zero-order valence-corrected chi connectivity index (χ0v) is 11.7. The van der Waals surface area contributed by atoms with E-state index >= 15 is 0 Å². The van der Waals surface area contributed by atoms with Gasteiger partial charge in [0.25, 0.3) is 0 Å². The fraction of sp³-hybridized carbons (Fsp3) is 0.438. The average Bonchev–Trinajstić information content (AvgIpc) is 3.05. The van der Waals surface area contributed by atoms with E-state index in [1.165, 1.54) is 42.5 Å². The number of rotatable bonds is 3. The number of benzene rings is 1. The smallest absolute Gasteiger partial charge is 0.207 e. The van der Waals surface area contributed by atoms with E-state index in [1.54, 1.807) is 0 Å². The van der Waals surface area contributed by atoms with Crippen LogP contribution in [-0.2, 0) is 0 Å². The van der Waals surface area contributed by atoms with Crippen LogP contribution in [0.3, 0.4) is 0 Å². The van der Waals surface area contributed by atoms with Gasteiger partial charge in [0.05, 0.1) is 0 Å². The lowest BCUT2D eigenvalue weighted by Crippen LogP contribution is -2.17. The van der Waals surface area contributed by atoms with Gasteiger partial charge in [-0.15, -0.1) is 0 Å². The second kappa shape index (κ2) is 5.08. The summed E-state index contributed by atoms with van der Waals surface area (Å²) in [5.41, 5.74) is 3.83. The molecule has 0 spiro atoms. The molecule has 3 heteroatoms. The fourth-order valence-corrected chi connectivity index (χ4v) is 2.75. The van der Waals surface area contributed by atoms with E-state index in [9.17, 15) is 0 Å². The number of anilines is 1. The van der Waals surface area contributed by atoms with Crippen LogP contribution in [0.25, 0.3) is 5.69 Å². The molecule has 1 N–H and O–H groups in total. The Labute approximate surface area is 114 Å². The average molecular weight is 255 g/mol. The van der Waals surface area contributed by atoms with Gasteiger partial charge in [-0.05, 0) is 49.9 Å². The Morgan fingerprint density at radius 1 is 1.16 bits per heavy atom. The zero-order chi connectivity index (χ0) is 13.2. The maximum absolute atomic E-state index is 4.46. The molecule has 3 nitrogen and oxygen atoms in total. The van der Waals surface area contributed by atoms with Crippen LogP contribution in [0.1, 0.15) is 36.8 Å². The van der Waals surface area contributed by atoms with Crippen molar-refractivity contribution in [3.63, 3.8) is 0 Å². The number of hydrogen-bond acceptors (Lipinski definition) is 2. The number of nitrogens with one attached hydrogen (secondary N) is 1. The summed E-state index contributed by atoms with van der Waals surface area (Å²) in [6.07, 6.45) is 9.09. The Morgan fingerprint density at radius 2 is 1.95 bits per heavy atom. The largest absolute Gasteiger partial charge is 0.353 e. The monoisotopic (exact) mass is 255 g/mol. The maximum atomic E-state index is 4.46. The highest BCUT2D eigenvalue weighted by Crippen LogP contribution is 2.23.